The number of nitrogens with two attached hydrogens (primary N) is 1. The van der Waals surface area contributed by atoms with Crippen LogP contribution in [-0.2, 0) is 25.6 Å². The van der Waals surface area contributed by atoms with E-state index in [0.717, 1.165) is 16.5 Å². The molecule has 3 rings (SSSR count). The number of nitrogens with one attached hydrogen (secondary N) is 3. The second-order valence-corrected chi connectivity index (χ2v) is 8.17. The van der Waals surface area contributed by atoms with Crippen LogP contribution in [0.15, 0.2) is 30.5 Å². The van der Waals surface area contributed by atoms with Gasteiger partial charge in [-0.1, -0.05) is 18.2 Å². The minimum absolute atomic E-state index is 0.113. The van der Waals surface area contributed by atoms with Gasteiger partial charge >= 0.3 is 5.97 Å². The highest BCUT2D eigenvalue weighted by atomic mass is 16.4. The lowest BCUT2D eigenvalue weighted by molar-refractivity contribution is -0.149. The van der Waals surface area contributed by atoms with E-state index < -0.39 is 54.5 Å². The maximum atomic E-state index is 13.1. The minimum atomic E-state index is -1.21. The van der Waals surface area contributed by atoms with Gasteiger partial charge in [0.15, 0.2) is 0 Å². The predicted molar refractivity (Wildman–Crippen MR) is 119 cm³/mol. The molecular formula is C22H29N5O6. The molecule has 3 amide bonds. The van der Waals surface area contributed by atoms with Crippen LogP contribution in [0.5, 0.6) is 0 Å². The number of carboxylic acids is 1. The van der Waals surface area contributed by atoms with Gasteiger partial charge in [0.2, 0.25) is 17.7 Å². The van der Waals surface area contributed by atoms with Crippen molar-refractivity contribution in [2.45, 2.75) is 50.4 Å². The van der Waals surface area contributed by atoms with E-state index in [9.17, 15) is 29.4 Å². The quantitative estimate of drug-likeness (QED) is 0.281. The van der Waals surface area contributed by atoms with Crippen molar-refractivity contribution in [3.05, 3.63) is 36.0 Å². The Morgan fingerprint density at radius 2 is 1.94 bits per heavy atom. The van der Waals surface area contributed by atoms with Crippen molar-refractivity contribution < 1.29 is 29.4 Å². The average molecular weight is 460 g/mol. The van der Waals surface area contributed by atoms with Crippen molar-refractivity contribution in [2.24, 2.45) is 5.73 Å². The molecule has 1 saturated heterocycles. The lowest BCUT2D eigenvalue weighted by Crippen LogP contribution is -2.57. The summed E-state index contributed by atoms with van der Waals surface area (Å²) in [6.07, 6.45) is 2.78. The van der Waals surface area contributed by atoms with Crippen LogP contribution in [0.3, 0.4) is 0 Å². The molecule has 0 radical (unpaired) electrons. The minimum Gasteiger partial charge on any atom is -0.480 e. The number of carbonyl (C=O) groups excluding carboxylic acids is 3. The molecule has 7 N–H and O–H groups in total. The number of benzene rings is 1. The molecule has 1 aromatic heterocycles. The Balaban J connectivity index is 1.76. The number of rotatable bonds is 9. The van der Waals surface area contributed by atoms with Gasteiger partial charge in [0, 0.05) is 30.1 Å². The zero-order valence-corrected chi connectivity index (χ0v) is 18.3. The second kappa shape index (κ2) is 10.5. The SMILES string of the molecule is CC(NC(=O)C(Cc1c[nH]c2ccccc12)NC(=O)C(N)CO)C(=O)N1CCCC1C(=O)O. The Morgan fingerprint density at radius 3 is 2.64 bits per heavy atom. The third-order valence-electron chi connectivity index (χ3n) is 5.82. The molecule has 1 aromatic carbocycles. The molecule has 0 saturated carbocycles. The van der Waals surface area contributed by atoms with Crippen molar-refractivity contribution in [1.29, 1.82) is 0 Å². The van der Waals surface area contributed by atoms with Gasteiger partial charge < -0.3 is 36.5 Å². The summed E-state index contributed by atoms with van der Waals surface area (Å²) < 4.78 is 0. The smallest absolute Gasteiger partial charge is 0.326 e. The molecule has 1 aliphatic rings. The molecule has 0 aliphatic carbocycles. The summed E-state index contributed by atoms with van der Waals surface area (Å²) in [5.74, 6) is -2.91. The summed E-state index contributed by atoms with van der Waals surface area (Å²) >= 11 is 0. The maximum absolute atomic E-state index is 13.1. The van der Waals surface area contributed by atoms with Gasteiger partial charge in [-0.15, -0.1) is 0 Å². The van der Waals surface area contributed by atoms with Crippen LogP contribution in [0.4, 0.5) is 0 Å². The first kappa shape index (κ1) is 24.2. The van der Waals surface area contributed by atoms with Crippen LogP contribution in [-0.4, -0.2) is 81.1 Å². The highest BCUT2D eigenvalue weighted by Gasteiger charge is 2.37. The number of fused-ring (bicyclic) bond motifs is 1. The monoisotopic (exact) mass is 459 g/mol. The Labute approximate surface area is 190 Å². The van der Waals surface area contributed by atoms with Gasteiger partial charge in [-0.3, -0.25) is 14.4 Å². The molecule has 4 unspecified atom stereocenters. The molecule has 2 aromatic rings. The molecule has 4 atom stereocenters. The van der Waals surface area contributed by atoms with E-state index in [-0.39, 0.29) is 6.42 Å². The number of hydrogen-bond acceptors (Lipinski definition) is 6. The largest absolute Gasteiger partial charge is 0.480 e. The summed E-state index contributed by atoms with van der Waals surface area (Å²) in [6.45, 7) is 1.19. The van der Waals surface area contributed by atoms with Gasteiger partial charge in [0.25, 0.3) is 0 Å². The fourth-order valence-electron chi connectivity index (χ4n) is 4.00. The second-order valence-electron chi connectivity index (χ2n) is 8.17. The number of aliphatic hydroxyl groups is 1. The summed E-state index contributed by atoms with van der Waals surface area (Å²) in [7, 11) is 0. The third kappa shape index (κ3) is 5.49. The van der Waals surface area contributed by atoms with Crippen molar-refractivity contribution in [1.82, 2.24) is 20.5 Å². The van der Waals surface area contributed by atoms with Crippen LogP contribution in [0.1, 0.15) is 25.3 Å². The van der Waals surface area contributed by atoms with Crippen molar-refractivity contribution in [3.63, 3.8) is 0 Å². The zero-order valence-electron chi connectivity index (χ0n) is 18.3. The Hall–Kier alpha value is -3.44. The first-order valence-electron chi connectivity index (χ1n) is 10.8. The molecular weight excluding hydrogens is 430 g/mol. The first-order chi connectivity index (χ1) is 15.7. The number of carboxylic acid groups (broad SMARTS) is 1. The molecule has 1 aliphatic heterocycles. The lowest BCUT2D eigenvalue weighted by atomic mass is 10.0. The number of H-pyrrole nitrogens is 1. The number of aromatic nitrogens is 1. The standard InChI is InChI=1S/C22H29N5O6/c1-12(21(31)27-8-4-7-18(27)22(32)33)25-20(30)17(26-19(29)15(23)11-28)9-13-10-24-16-6-3-2-5-14(13)16/h2-3,5-6,10,12,15,17-18,24,28H,4,7-9,11,23H2,1H3,(H,25,30)(H,26,29)(H,32,33). The van der Waals surface area contributed by atoms with Gasteiger partial charge in [0.1, 0.15) is 24.2 Å². The van der Waals surface area contributed by atoms with Gasteiger partial charge in [-0.05, 0) is 31.4 Å². The fraction of sp³-hybridized carbons (Fsp3) is 0.455. The van der Waals surface area contributed by atoms with Crippen LogP contribution in [0, 0.1) is 0 Å². The summed E-state index contributed by atoms with van der Waals surface area (Å²) in [5.41, 5.74) is 7.22. The molecule has 1 fully saturated rings. The third-order valence-corrected chi connectivity index (χ3v) is 5.82. The Bertz CT molecular complexity index is 1040. The number of aliphatic carboxylic acids is 1. The highest BCUT2D eigenvalue weighted by molar-refractivity contribution is 5.94. The number of para-hydroxylation sites is 1. The van der Waals surface area contributed by atoms with Crippen LogP contribution in [0.2, 0.25) is 0 Å². The van der Waals surface area contributed by atoms with Crippen LogP contribution in [0.25, 0.3) is 10.9 Å². The predicted octanol–water partition coefficient (Wildman–Crippen LogP) is -0.905. The van der Waals surface area contributed by atoms with E-state index in [1.807, 2.05) is 24.3 Å². The van der Waals surface area contributed by atoms with E-state index in [1.165, 1.54) is 11.8 Å². The fourth-order valence-corrected chi connectivity index (χ4v) is 4.00. The molecule has 178 valence electrons. The number of aromatic amines is 1. The number of amides is 3. The van der Waals surface area contributed by atoms with Crippen LogP contribution >= 0.6 is 0 Å². The van der Waals surface area contributed by atoms with Crippen molar-refractivity contribution in [2.75, 3.05) is 13.2 Å². The van der Waals surface area contributed by atoms with Gasteiger partial charge in [0.05, 0.1) is 6.61 Å². The highest BCUT2D eigenvalue weighted by Crippen LogP contribution is 2.20. The van der Waals surface area contributed by atoms with Crippen molar-refractivity contribution in [3.8, 4) is 0 Å². The van der Waals surface area contributed by atoms with E-state index in [1.54, 1.807) is 6.20 Å². The molecule has 11 nitrogen and oxygen atoms in total. The summed E-state index contributed by atoms with van der Waals surface area (Å²) in [6, 6.07) is 3.29. The molecule has 2 heterocycles. The summed E-state index contributed by atoms with van der Waals surface area (Å²) in [5, 5.41) is 24.5. The van der Waals surface area contributed by atoms with Gasteiger partial charge in [-0.25, -0.2) is 4.79 Å². The first-order valence-corrected chi connectivity index (χ1v) is 10.8. The van der Waals surface area contributed by atoms with Crippen molar-refractivity contribution >= 4 is 34.6 Å². The average Bonchev–Trinajstić information content (AvgIpc) is 3.45. The molecule has 0 spiro atoms. The summed E-state index contributed by atoms with van der Waals surface area (Å²) in [4.78, 5) is 53.9. The van der Waals surface area contributed by atoms with E-state index in [4.69, 9.17) is 5.73 Å². The molecule has 0 bridgehead atoms. The maximum Gasteiger partial charge on any atom is 0.326 e. The Morgan fingerprint density at radius 1 is 1.21 bits per heavy atom. The zero-order chi connectivity index (χ0) is 24.1. The van der Waals surface area contributed by atoms with E-state index in [2.05, 4.69) is 15.6 Å². The number of likely N-dealkylation sites (tertiary alicyclic amines) is 1. The topological polar surface area (TPSA) is 178 Å². The number of aliphatic hydroxyl groups excluding tert-OH is 1. The number of hydrogen-bond donors (Lipinski definition) is 6. The molecule has 33 heavy (non-hydrogen) atoms. The van der Waals surface area contributed by atoms with E-state index >= 15 is 0 Å². The van der Waals surface area contributed by atoms with Gasteiger partial charge in [-0.2, -0.15) is 0 Å². The van der Waals surface area contributed by atoms with Crippen LogP contribution < -0.4 is 16.4 Å². The normalized spacial score (nSPS) is 18.5. The number of nitrogens with zero attached hydrogens (tertiary/aromatic N) is 1. The van der Waals surface area contributed by atoms with E-state index in [0.29, 0.717) is 19.4 Å². The Kier molecular flexibility index (Phi) is 7.67. The lowest BCUT2D eigenvalue weighted by Gasteiger charge is -2.27. The number of carbonyl (C=O) groups is 4. The molecule has 11 heteroatoms.